The number of thiazole rings is 1. The lowest BCUT2D eigenvalue weighted by molar-refractivity contribution is 0.255. The van der Waals surface area contributed by atoms with Crippen molar-refractivity contribution < 1.29 is 0 Å². The number of nitrogens with one attached hydrogen (secondary N) is 2. The highest BCUT2D eigenvalue weighted by molar-refractivity contribution is 7.15. The second-order valence-corrected chi connectivity index (χ2v) is 9.20. The highest BCUT2D eigenvalue weighted by Crippen LogP contribution is 2.31. The van der Waals surface area contributed by atoms with Gasteiger partial charge in [-0.1, -0.05) is 18.3 Å². The molecule has 0 unspecified atom stereocenters. The molecule has 1 aliphatic rings. The molecule has 0 atom stereocenters. The summed E-state index contributed by atoms with van der Waals surface area (Å²) in [6.45, 7) is 7.51. The molecule has 0 aliphatic heterocycles. The molecule has 156 valence electrons. The van der Waals surface area contributed by atoms with Gasteiger partial charge in [0.1, 0.15) is 10.0 Å². The molecule has 0 aromatic carbocycles. The number of aromatic nitrogens is 5. The van der Waals surface area contributed by atoms with Crippen LogP contribution < -0.4 is 5.32 Å². The number of nitrogens with zero attached hydrogens (tertiary/aromatic N) is 5. The molecule has 0 radical (unpaired) electrons. The summed E-state index contributed by atoms with van der Waals surface area (Å²) < 4.78 is 2.09. The lowest BCUT2D eigenvalue weighted by Gasteiger charge is -2.19. The first-order chi connectivity index (χ1) is 14.7. The number of fused-ring (bicyclic) bond motifs is 1. The van der Waals surface area contributed by atoms with E-state index in [1.807, 2.05) is 44.0 Å². The Bertz CT molecular complexity index is 1120. The summed E-state index contributed by atoms with van der Waals surface area (Å²) >= 11 is 1.70. The monoisotopic (exact) mass is 421 g/mol. The maximum atomic E-state index is 4.70. The van der Waals surface area contributed by atoms with Crippen LogP contribution in [0.1, 0.15) is 36.9 Å². The molecule has 1 aliphatic carbocycles. The first-order valence-electron chi connectivity index (χ1n) is 10.6. The quantitative estimate of drug-likeness (QED) is 0.404. The fourth-order valence-electron chi connectivity index (χ4n) is 3.86. The maximum absolute atomic E-state index is 4.70. The molecule has 0 amide bonds. The first-order valence-corrected chi connectivity index (χ1v) is 11.4. The molecule has 2 N–H and O–H groups in total. The number of hydrogen-bond acceptors (Lipinski definition) is 6. The molecule has 0 saturated heterocycles. The van der Waals surface area contributed by atoms with E-state index in [2.05, 4.69) is 36.5 Å². The van der Waals surface area contributed by atoms with Crippen molar-refractivity contribution in [1.82, 2.24) is 29.2 Å². The van der Waals surface area contributed by atoms with Crippen LogP contribution in [-0.2, 0) is 6.54 Å². The summed E-state index contributed by atoms with van der Waals surface area (Å²) in [5, 5.41) is 5.60. The third-order valence-electron chi connectivity index (χ3n) is 5.41. The second-order valence-electron chi connectivity index (χ2n) is 8.09. The molecular formula is C22H27N7S. The largest absolute Gasteiger partial charge is 0.367 e. The molecule has 4 heterocycles. The van der Waals surface area contributed by atoms with Gasteiger partial charge < -0.3 is 10.3 Å². The van der Waals surface area contributed by atoms with Gasteiger partial charge in [0, 0.05) is 30.7 Å². The van der Waals surface area contributed by atoms with Crippen molar-refractivity contribution in [2.75, 3.05) is 18.4 Å². The molecule has 0 spiro atoms. The second kappa shape index (κ2) is 8.20. The third-order valence-corrected chi connectivity index (χ3v) is 6.31. The van der Waals surface area contributed by atoms with Gasteiger partial charge in [0.2, 0.25) is 0 Å². The number of hydrogen-bond donors (Lipinski definition) is 2. The molecule has 4 aromatic rings. The van der Waals surface area contributed by atoms with E-state index in [1.54, 1.807) is 11.3 Å². The number of aromatic amines is 1. The van der Waals surface area contributed by atoms with Crippen molar-refractivity contribution in [3.8, 4) is 11.3 Å². The van der Waals surface area contributed by atoms with Crippen LogP contribution in [0.15, 0.2) is 37.1 Å². The average Bonchev–Trinajstić information content (AvgIpc) is 3.12. The molecule has 1 fully saturated rings. The van der Waals surface area contributed by atoms with E-state index in [9.17, 15) is 0 Å². The van der Waals surface area contributed by atoms with Gasteiger partial charge in [0.15, 0.2) is 11.5 Å². The Morgan fingerprint density at radius 2 is 2.20 bits per heavy atom. The fourth-order valence-corrected chi connectivity index (χ4v) is 4.71. The van der Waals surface area contributed by atoms with Crippen molar-refractivity contribution in [3.63, 3.8) is 0 Å². The lowest BCUT2D eigenvalue weighted by Crippen LogP contribution is -2.26. The molecule has 5 rings (SSSR count). The Morgan fingerprint density at radius 1 is 1.30 bits per heavy atom. The zero-order chi connectivity index (χ0) is 20.5. The van der Waals surface area contributed by atoms with E-state index >= 15 is 0 Å². The minimum absolute atomic E-state index is 0.760. The standard InChI is InChI=1S/C22H27N7S/c1-3-8-28(13-16-4-5-16)14-20-24-11-19(30-20)27-21-22-25-10-18(17-6-7-23-9-17)29(22)12-15(2)26-21/h6-7,9-12,16,23H,3-5,8,13-14H2,1-2H3,(H,26,27). The number of H-pyrrole nitrogens is 1. The predicted molar refractivity (Wildman–Crippen MR) is 121 cm³/mol. The fraction of sp³-hybridized carbons (Fsp3) is 0.409. The van der Waals surface area contributed by atoms with Crippen molar-refractivity contribution in [1.29, 1.82) is 0 Å². The minimum atomic E-state index is 0.760. The molecule has 7 nitrogen and oxygen atoms in total. The lowest BCUT2D eigenvalue weighted by atomic mass is 10.2. The van der Waals surface area contributed by atoms with E-state index in [1.165, 1.54) is 25.8 Å². The number of aryl methyl sites for hydroxylation is 1. The van der Waals surface area contributed by atoms with Gasteiger partial charge in [-0.05, 0) is 44.7 Å². The Balaban J connectivity index is 1.37. The Morgan fingerprint density at radius 3 is 2.97 bits per heavy atom. The van der Waals surface area contributed by atoms with Crippen LogP contribution >= 0.6 is 11.3 Å². The molecular weight excluding hydrogens is 394 g/mol. The molecule has 30 heavy (non-hydrogen) atoms. The zero-order valence-corrected chi connectivity index (χ0v) is 18.2. The van der Waals surface area contributed by atoms with Crippen LogP contribution in [0.4, 0.5) is 10.8 Å². The van der Waals surface area contributed by atoms with Crippen LogP contribution in [0.25, 0.3) is 16.9 Å². The minimum Gasteiger partial charge on any atom is -0.367 e. The SMILES string of the molecule is CCCN(Cc1ncc(Nc2nc(C)cn3c(-c4cc[nH]c4)cnc23)s1)CC1CC1. The Hall–Kier alpha value is -2.71. The highest BCUT2D eigenvalue weighted by Gasteiger charge is 2.24. The third kappa shape index (κ3) is 4.11. The molecule has 4 aromatic heterocycles. The smallest absolute Gasteiger partial charge is 0.180 e. The van der Waals surface area contributed by atoms with E-state index in [0.717, 1.165) is 57.4 Å². The highest BCUT2D eigenvalue weighted by atomic mass is 32.1. The van der Waals surface area contributed by atoms with Gasteiger partial charge in [-0.2, -0.15) is 0 Å². The van der Waals surface area contributed by atoms with Gasteiger partial charge >= 0.3 is 0 Å². The summed E-state index contributed by atoms with van der Waals surface area (Å²) in [6.07, 6.45) is 13.7. The van der Waals surface area contributed by atoms with Crippen molar-refractivity contribution in [2.24, 2.45) is 5.92 Å². The summed E-state index contributed by atoms with van der Waals surface area (Å²) in [4.78, 5) is 19.7. The normalized spacial score (nSPS) is 14.1. The van der Waals surface area contributed by atoms with Crippen LogP contribution in [0.2, 0.25) is 0 Å². The van der Waals surface area contributed by atoms with Crippen molar-refractivity contribution in [2.45, 2.75) is 39.7 Å². The van der Waals surface area contributed by atoms with E-state index in [4.69, 9.17) is 4.98 Å². The van der Waals surface area contributed by atoms with Crippen LogP contribution in [0.5, 0.6) is 0 Å². The van der Waals surface area contributed by atoms with Gasteiger partial charge in [0.05, 0.1) is 30.3 Å². The van der Waals surface area contributed by atoms with Gasteiger partial charge in [-0.25, -0.2) is 15.0 Å². The first kappa shape index (κ1) is 19.3. The van der Waals surface area contributed by atoms with Gasteiger partial charge in [-0.3, -0.25) is 9.30 Å². The maximum Gasteiger partial charge on any atom is 0.180 e. The summed E-state index contributed by atoms with van der Waals surface area (Å²) in [5.41, 5.74) is 3.89. The van der Waals surface area contributed by atoms with Crippen LogP contribution in [-0.4, -0.2) is 42.3 Å². The Labute approximate surface area is 180 Å². The van der Waals surface area contributed by atoms with E-state index in [0.29, 0.717) is 0 Å². The summed E-state index contributed by atoms with van der Waals surface area (Å²) in [6, 6.07) is 2.05. The van der Waals surface area contributed by atoms with Crippen LogP contribution in [0.3, 0.4) is 0 Å². The predicted octanol–water partition coefficient (Wildman–Crippen LogP) is 4.85. The summed E-state index contributed by atoms with van der Waals surface area (Å²) in [5.74, 6) is 1.66. The molecule has 1 saturated carbocycles. The van der Waals surface area contributed by atoms with Crippen LogP contribution in [0, 0.1) is 12.8 Å². The average molecular weight is 422 g/mol. The van der Waals surface area contributed by atoms with Crippen molar-refractivity contribution in [3.05, 3.63) is 47.8 Å². The van der Waals surface area contributed by atoms with Crippen molar-refractivity contribution >= 4 is 27.8 Å². The number of rotatable bonds is 9. The number of imidazole rings is 1. The Kier molecular flexibility index (Phi) is 5.26. The van der Waals surface area contributed by atoms with E-state index < -0.39 is 0 Å². The zero-order valence-electron chi connectivity index (χ0n) is 17.4. The molecule has 8 heteroatoms. The van der Waals surface area contributed by atoms with Gasteiger partial charge in [0.25, 0.3) is 0 Å². The topological polar surface area (TPSA) is 74.1 Å². The van der Waals surface area contributed by atoms with E-state index in [-0.39, 0.29) is 0 Å². The number of anilines is 2. The summed E-state index contributed by atoms with van der Waals surface area (Å²) in [7, 11) is 0. The van der Waals surface area contributed by atoms with Gasteiger partial charge in [-0.15, -0.1) is 0 Å². The molecule has 0 bridgehead atoms.